The number of unbranched alkanes of at least 4 members (excludes halogenated alkanes) is 7. The fourth-order valence-electron chi connectivity index (χ4n) is 2.25. The average molecular weight is 320 g/mol. The number of carbonyl (C=O) groups is 2. The number of hydrogen-bond donors (Lipinski definition) is 1. The number of ketones is 1. The van der Waals surface area contributed by atoms with Crippen LogP contribution in [-0.2, 0) is 9.59 Å². The van der Waals surface area contributed by atoms with Gasteiger partial charge in [-0.05, 0) is 25.7 Å². The molecule has 0 bridgehead atoms. The molecule has 0 aromatic heterocycles. The molecule has 0 aliphatic carbocycles. The molecule has 0 aromatic rings. The van der Waals surface area contributed by atoms with Gasteiger partial charge >= 0.3 is 5.97 Å². The Morgan fingerprint density at radius 2 is 1.39 bits per heavy atom. The molecular weight excluding hydrogens is 288 g/mol. The molecular formula is C20H32O3. The Balaban J connectivity index is 3.43. The highest BCUT2D eigenvalue weighted by atomic mass is 16.4. The van der Waals surface area contributed by atoms with E-state index in [1.807, 2.05) is 18.2 Å². The summed E-state index contributed by atoms with van der Waals surface area (Å²) in [5, 5.41) is 8.39. The van der Waals surface area contributed by atoms with E-state index < -0.39 is 5.97 Å². The lowest BCUT2D eigenvalue weighted by molar-refractivity contribution is -0.131. The molecule has 0 atom stereocenters. The number of Topliss-reactive ketones (excluding diaryl/α,β-unsaturated/α-hetero) is 1. The van der Waals surface area contributed by atoms with Crippen molar-refractivity contribution in [2.24, 2.45) is 0 Å². The van der Waals surface area contributed by atoms with Crippen molar-refractivity contribution in [2.75, 3.05) is 0 Å². The van der Waals surface area contributed by atoms with Crippen LogP contribution in [0.15, 0.2) is 36.5 Å². The molecule has 0 rings (SSSR count). The standard InChI is InChI=1S/C20H32O3/c1-2-3-4-5-10-13-16-19(21)17-14-11-8-6-7-9-12-15-18-20(22)23/h6-7,9,12,15,18H,2-5,8,10-11,13-14,16-17H2,1H3,(H,22,23). The van der Waals surface area contributed by atoms with E-state index in [1.165, 1.54) is 38.2 Å². The maximum atomic E-state index is 11.7. The van der Waals surface area contributed by atoms with Gasteiger partial charge < -0.3 is 5.11 Å². The number of rotatable bonds is 15. The SMILES string of the molecule is CCCCCCCCC(=O)CCCCC=CC=CC=CC(=O)O. The zero-order valence-electron chi connectivity index (χ0n) is 14.5. The Morgan fingerprint density at radius 1 is 0.783 bits per heavy atom. The minimum Gasteiger partial charge on any atom is -0.478 e. The third-order valence-corrected chi connectivity index (χ3v) is 3.59. The van der Waals surface area contributed by atoms with Crippen LogP contribution in [0.1, 0.15) is 77.6 Å². The lowest BCUT2D eigenvalue weighted by atomic mass is 10.0. The molecule has 23 heavy (non-hydrogen) atoms. The highest BCUT2D eigenvalue weighted by molar-refractivity contribution is 5.80. The summed E-state index contributed by atoms with van der Waals surface area (Å²) in [5.74, 6) is -0.535. The van der Waals surface area contributed by atoms with Gasteiger partial charge in [-0.1, -0.05) is 69.4 Å². The van der Waals surface area contributed by atoms with Gasteiger partial charge in [0, 0.05) is 18.9 Å². The summed E-state index contributed by atoms with van der Waals surface area (Å²) in [5.41, 5.74) is 0. The van der Waals surface area contributed by atoms with Crippen LogP contribution in [0.3, 0.4) is 0 Å². The summed E-state index contributed by atoms with van der Waals surface area (Å²) < 4.78 is 0. The molecule has 1 N–H and O–H groups in total. The molecule has 0 heterocycles. The second-order valence-corrected chi connectivity index (χ2v) is 5.81. The highest BCUT2D eigenvalue weighted by Crippen LogP contribution is 2.10. The van der Waals surface area contributed by atoms with Gasteiger partial charge in [-0.3, -0.25) is 4.79 Å². The molecule has 0 radical (unpaired) electrons. The number of hydrogen-bond acceptors (Lipinski definition) is 2. The topological polar surface area (TPSA) is 54.4 Å². The number of carbonyl (C=O) groups excluding carboxylic acids is 1. The van der Waals surface area contributed by atoms with E-state index in [2.05, 4.69) is 6.92 Å². The molecule has 0 spiro atoms. The summed E-state index contributed by atoms with van der Waals surface area (Å²) in [7, 11) is 0. The van der Waals surface area contributed by atoms with E-state index in [0.29, 0.717) is 12.2 Å². The maximum absolute atomic E-state index is 11.7. The Labute approximate surface area is 141 Å². The van der Waals surface area contributed by atoms with Crippen LogP contribution in [0.5, 0.6) is 0 Å². The average Bonchev–Trinajstić information content (AvgIpc) is 2.52. The Kier molecular flexibility index (Phi) is 15.5. The van der Waals surface area contributed by atoms with E-state index in [0.717, 1.165) is 38.2 Å². The Morgan fingerprint density at radius 3 is 2.09 bits per heavy atom. The number of carboxylic acids is 1. The molecule has 0 fully saturated rings. The quantitative estimate of drug-likeness (QED) is 0.242. The summed E-state index contributed by atoms with van der Waals surface area (Å²) in [4.78, 5) is 21.9. The summed E-state index contributed by atoms with van der Waals surface area (Å²) in [6.45, 7) is 2.21. The van der Waals surface area contributed by atoms with Crippen molar-refractivity contribution in [3.05, 3.63) is 36.5 Å². The molecule has 3 heteroatoms. The minimum absolute atomic E-state index is 0.406. The van der Waals surface area contributed by atoms with Gasteiger partial charge in [0.1, 0.15) is 5.78 Å². The van der Waals surface area contributed by atoms with Crippen molar-refractivity contribution in [3.8, 4) is 0 Å². The first-order chi connectivity index (χ1) is 11.2. The number of allylic oxidation sites excluding steroid dienone is 5. The minimum atomic E-state index is -0.941. The molecule has 0 aromatic carbocycles. The van der Waals surface area contributed by atoms with Crippen molar-refractivity contribution in [1.29, 1.82) is 0 Å². The molecule has 0 saturated carbocycles. The van der Waals surface area contributed by atoms with Crippen molar-refractivity contribution < 1.29 is 14.7 Å². The van der Waals surface area contributed by atoms with Gasteiger partial charge in [-0.2, -0.15) is 0 Å². The largest absolute Gasteiger partial charge is 0.478 e. The van der Waals surface area contributed by atoms with Crippen LogP contribution < -0.4 is 0 Å². The normalized spacial score (nSPS) is 11.9. The van der Waals surface area contributed by atoms with Crippen LogP contribution in [0.25, 0.3) is 0 Å². The molecule has 0 aliphatic rings. The number of carboxylic acid groups (broad SMARTS) is 1. The van der Waals surface area contributed by atoms with Crippen LogP contribution in [0, 0.1) is 0 Å². The Hall–Kier alpha value is -1.64. The van der Waals surface area contributed by atoms with Crippen LogP contribution in [-0.4, -0.2) is 16.9 Å². The van der Waals surface area contributed by atoms with E-state index in [-0.39, 0.29) is 0 Å². The number of aliphatic carboxylic acids is 1. The molecule has 0 aliphatic heterocycles. The van der Waals surface area contributed by atoms with Crippen LogP contribution in [0.4, 0.5) is 0 Å². The summed E-state index contributed by atoms with van der Waals surface area (Å²) in [6.07, 6.45) is 21.8. The van der Waals surface area contributed by atoms with Crippen molar-refractivity contribution in [3.63, 3.8) is 0 Å². The first-order valence-electron chi connectivity index (χ1n) is 8.91. The third kappa shape index (κ3) is 18.3. The van der Waals surface area contributed by atoms with Crippen molar-refractivity contribution >= 4 is 11.8 Å². The van der Waals surface area contributed by atoms with Crippen LogP contribution >= 0.6 is 0 Å². The van der Waals surface area contributed by atoms with Gasteiger partial charge in [-0.15, -0.1) is 0 Å². The maximum Gasteiger partial charge on any atom is 0.328 e. The zero-order valence-corrected chi connectivity index (χ0v) is 14.5. The lowest BCUT2D eigenvalue weighted by Crippen LogP contribution is -1.97. The fourth-order valence-corrected chi connectivity index (χ4v) is 2.25. The predicted octanol–water partition coefficient (Wildman–Crippen LogP) is 5.62. The molecule has 0 saturated heterocycles. The third-order valence-electron chi connectivity index (χ3n) is 3.59. The van der Waals surface area contributed by atoms with Gasteiger partial charge in [-0.25, -0.2) is 4.79 Å². The monoisotopic (exact) mass is 320 g/mol. The van der Waals surface area contributed by atoms with Crippen LogP contribution in [0.2, 0.25) is 0 Å². The van der Waals surface area contributed by atoms with Gasteiger partial charge in [0.05, 0.1) is 0 Å². The van der Waals surface area contributed by atoms with Gasteiger partial charge in [0.2, 0.25) is 0 Å². The molecule has 130 valence electrons. The predicted molar refractivity (Wildman–Crippen MR) is 96.5 cm³/mol. The molecule has 0 amide bonds. The van der Waals surface area contributed by atoms with Crippen molar-refractivity contribution in [1.82, 2.24) is 0 Å². The second kappa shape index (κ2) is 16.7. The summed E-state index contributed by atoms with van der Waals surface area (Å²) in [6, 6.07) is 0. The van der Waals surface area contributed by atoms with E-state index in [9.17, 15) is 9.59 Å². The first kappa shape index (κ1) is 21.4. The van der Waals surface area contributed by atoms with Gasteiger partial charge in [0.15, 0.2) is 0 Å². The van der Waals surface area contributed by atoms with Gasteiger partial charge in [0.25, 0.3) is 0 Å². The smallest absolute Gasteiger partial charge is 0.328 e. The van der Waals surface area contributed by atoms with E-state index >= 15 is 0 Å². The van der Waals surface area contributed by atoms with E-state index in [4.69, 9.17) is 5.11 Å². The highest BCUT2D eigenvalue weighted by Gasteiger charge is 2.01. The first-order valence-corrected chi connectivity index (χ1v) is 8.91. The fraction of sp³-hybridized carbons (Fsp3) is 0.600. The van der Waals surface area contributed by atoms with E-state index in [1.54, 1.807) is 6.08 Å². The molecule has 3 nitrogen and oxygen atoms in total. The Bertz CT molecular complexity index is 392. The molecule has 0 unspecified atom stereocenters. The second-order valence-electron chi connectivity index (χ2n) is 5.81. The summed E-state index contributed by atoms with van der Waals surface area (Å²) >= 11 is 0. The zero-order chi connectivity index (χ0) is 17.2. The lowest BCUT2D eigenvalue weighted by Gasteiger charge is -2.01. The van der Waals surface area contributed by atoms with Crippen molar-refractivity contribution in [2.45, 2.75) is 77.6 Å².